The van der Waals surface area contributed by atoms with E-state index < -0.39 is 0 Å². The summed E-state index contributed by atoms with van der Waals surface area (Å²) in [6, 6.07) is 52.7. The van der Waals surface area contributed by atoms with Crippen molar-refractivity contribution >= 4 is 10.8 Å². The van der Waals surface area contributed by atoms with E-state index in [0.29, 0.717) is 0 Å². The van der Waals surface area contributed by atoms with Crippen molar-refractivity contribution in [3.05, 3.63) is 162 Å². The van der Waals surface area contributed by atoms with Gasteiger partial charge in [-0.1, -0.05) is 137 Å². The molecule has 0 bridgehead atoms. The van der Waals surface area contributed by atoms with Crippen LogP contribution in [0.2, 0.25) is 0 Å². The molecule has 1 aliphatic heterocycles. The van der Waals surface area contributed by atoms with Crippen LogP contribution < -0.4 is 4.57 Å². The van der Waals surface area contributed by atoms with E-state index in [0.717, 1.165) is 25.7 Å². The molecule has 7 aromatic rings. The standard InChI is InChI=1S/C53H54N/c1-7-11-19-38-20-17-23-40(30-38)45-32-44(39-21-13-12-14-22-39)33-46(34-45)42-25-18-24-41(31-42)43-28-29-50-49(35-43)51-48-27-16-15-26-47(48)37(5)36-54(51)53(9-3,10-4)52(50,6)8-2/h12-18,20-36H,7-11,19H2,1-6H3/q+1. The summed E-state index contributed by atoms with van der Waals surface area (Å²) in [7, 11) is 0. The molecule has 1 unspecified atom stereocenters. The Balaban J connectivity index is 1.29. The van der Waals surface area contributed by atoms with Gasteiger partial charge in [0.25, 0.3) is 0 Å². The molecule has 0 fully saturated rings. The summed E-state index contributed by atoms with van der Waals surface area (Å²) in [6.07, 6.45) is 9.24. The van der Waals surface area contributed by atoms with Crippen LogP contribution in [-0.2, 0) is 17.4 Å². The second-order valence-electron chi connectivity index (χ2n) is 15.8. The maximum Gasteiger partial charge on any atom is 0.221 e. The zero-order valence-corrected chi connectivity index (χ0v) is 33.0. The van der Waals surface area contributed by atoms with Gasteiger partial charge < -0.3 is 0 Å². The smallest absolute Gasteiger partial charge is 0.191 e. The molecule has 1 atom stereocenters. The molecular formula is C53H54N+. The SMILES string of the molecule is CCCCc1cccc(-c2cc(-c3ccccc3)cc(-c3cccc(-c4ccc5c(c4)-c4c6ccccc6c(C)c[n+]4C(CC)(CC)C5(C)CC)c3)c2)c1. The molecule has 0 spiro atoms. The van der Waals surface area contributed by atoms with E-state index in [-0.39, 0.29) is 11.0 Å². The van der Waals surface area contributed by atoms with Gasteiger partial charge in [0.1, 0.15) is 0 Å². The number of aromatic nitrogens is 1. The third-order valence-electron chi connectivity index (χ3n) is 13.1. The molecular weight excluding hydrogens is 651 g/mol. The van der Waals surface area contributed by atoms with Crippen LogP contribution in [-0.4, -0.2) is 0 Å². The van der Waals surface area contributed by atoms with E-state index in [1.165, 1.54) is 96.1 Å². The third-order valence-corrected chi connectivity index (χ3v) is 13.1. The molecule has 54 heavy (non-hydrogen) atoms. The Kier molecular flexibility index (Phi) is 9.61. The van der Waals surface area contributed by atoms with Gasteiger partial charge in [-0.3, -0.25) is 0 Å². The van der Waals surface area contributed by atoms with E-state index >= 15 is 0 Å². The summed E-state index contributed by atoms with van der Waals surface area (Å²) in [4.78, 5) is 0. The molecule has 1 heteroatoms. The lowest BCUT2D eigenvalue weighted by Gasteiger charge is -2.48. The molecule has 6 aromatic carbocycles. The highest BCUT2D eigenvalue weighted by atomic mass is 15.1. The predicted octanol–water partition coefficient (Wildman–Crippen LogP) is 14.3. The first-order chi connectivity index (χ1) is 26.3. The van der Waals surface area contributed by atoms with Crippen molar-refractivity contribution in [3.63, 3.8) is 0 Å². The third kappa shape index (κ3) is 5.90. The number of nitrogens with zero attached hydrogens (tertiary/aromatic N) is 1. The fourth-order valence-corrected chi connectivity index (χ4v) is 9.84. The molecule has 0 aliphatic carbocycles. The summed E-state index contributed by atoms with van der Waals surface area (Å²) >= 11 is 0. The van der Waals surface area contributed by atoms with Gasteiger partial charge in [-0.15, -0.1) is 0 Å². The number of aryl methyl sites for hydroxylation is 2. The molecule has 270 valence electrons. The Morgan fingerprint density at radius 2 is 1.06 bits per heavy atom. The Morgan fingerprint density at radius 3 is 1.72 bits per heavy atom. The van der Waals surface area contributed by atoms with Crippen molar-refractivity contribution < 1.29 is 4.57 Å². The van der Waals surface area contributed by atoms with E-state index in [1.54, 1.807) is 0 Å². The lowest BCUT2D eigenvalue weighted by molar-refractivity contribution is -0.768. The first-order valence-electron chi connectivity index (χ1n) is 20.3. The van der Waals surface area contributed by atoms with Gasteiger partial charge in [0, 0.05) is 18.4 Å². The second kappa shape index (κ2) is 14.5. The molecule has 8 rings (SSSR count). The summed E-state index contributed by atoms with van der Waals surface area (Å²) < 4.78 is 2.70. The Hall–Kier alpha value is -5.27. The van der Waals surface area contributed by atoms with E-state index in [1.807, 2.05) is 0 Å². The van der Waals surface area contributed by atoms with Crippen LogP contribution in [0, 0.1) is 6.92 Å². The van der Waals surface area contributed by atoms with Crippen LogP contribution in [0.15, 0.2) is 146 Å². The van der Waals surface area contributed by atoms with E-state index in [4.69, 9.17) is 0 Å². The largest absolute Gasteiger partial charge is 0.221 e. The van der Waals surface area contributed by atoms with Crippen molar-refractivity contribution in [3.8, 4) is 55.8 Å². The van der Waals surface area contributed by atoms with E-state index in [2.05, 4.69) is 192 Å². The highest BCUT2D eigenvalue weighted by Crippen LogP contribution is 2.53. The molecule has 2 heterocycles. The van der Waals surface area contributed by atoms with Gasteiger partial charge in [-0.05, 0) is 131 Å². The minimum absolute atomic E-state index is 0.0130. The number of fused-ring (bicyclic) bond motifs is 5. The molecule has 0 amide bonds. The first kappa shape index (κ1) is 35.7. The summed E-state index contributed by atoms with van der Waals surface area (Å²) in [6.45, 7) is 14.3. The normalized spacial score (nSPS) is 15.9. The van der Waals surface area contributed by atoms with E-state index in [9.17, 15) is 0 Å². The molecule has 1 aromatic heterocycles. The van der Waals surface area contributed by atoms with Gasteiger partial charge in [-0.25, -0.2) is 0 Å². The Morgan fingerprint density at radius 1 is 0.500 bits per heavy atom. The fourth-order valence-electron chi connectivity index (χ4n) is 9.84. The highest BCUT2D eigenvalue weighted by Gasteiger charge is 2.58. The van der Waals surface area contributed by atoms with Gasteiger partial charge in [0.15, 0.2) is 11.7 Å². The Bertz CT molecular complexity index is 2470. The van der Waals surface area contributed by atoms with Crippen LogP contribution in [0.4, 0.5) is 0 Å². The molecule has 1 nitrogen and oxygen atoms in total. The topological polar surface area (TPSA) is 3.88 Å². The molecule has 0 saturated heterocycles. The van der Waals surface area contributed by atoms with Crippen LogP contribution in [0.1, 0.15) is 83.4 Å². The average Bonchev–Trinajstić information content (AvgIpc) is 3.23. The van der Waals surface area contributed by atoms with Crippen molar-refractivity contribution in [2.75, 3.05) is 0 Å². The second-order valence-corrected chi connectivity index (χ2v) is 15.8. The number of benzene rings is 6. The van der Waals surface area contributed by atoms with Crippen molar-refractivity contribution in [2.45, 2.75) is 91.0 Å². The summed E-state index contributed by atoms with van der Waals surface area (Å²) in [5, 5.41) is 2.69. The summed E-state index contributed by atoms with van der Waals surface area (Å²) in [5.74, 6) is 0. The van der Waals surface area contributed by atoms with Gasteiger partial charge >= 0.3 is 0 Å². The quantitative estimate of drug-likeness (QED) is 0.125. The van der Waals surface area contributed by atoms with Crippen LogP contribution in [0.5, 0.6) is 0 Å². The van der Waals surface area contributed by atoms with Crippen LogP contribution in [0.3, 0.4) is 0 Å². The predicted molar refractivity (Wildman–Crippen MR) is 231 cm³/mol. The van der Waals surface area contributed by atoms with Crippen molar-refractivity contribution in [2.24, 2.45) is 0 Å². The average molecular weight is 705 g/mol. The van der Waals surface area contributed by atoms with Crippen LogP contribution in [0.25, 0.3) is 66.5 Å². The molecule has 0 radical (unpaired) electrons. The first-order valence-corrected chi connectivity index (χ1v) is 20.3. The number of hydrogen-bond donors (Lipinski definition) is 0. The lowest BCUT2D eigenvalue weighted by Crippen LogP contribution is -2.69. The van der Waals surface area contributed by atoms with Gasteiger partial charge in [-0.2, -0.15) is 4.57 Å². The van der Waals surface area contributed by atoms with Crippen molar-refractivity contribution in [1.29, 1.82) is 0 Å². The molecule has 1 aliphatic rings. The van der Waals surface area contributed by atoms with Gasteiger partial charge in [0.05, 0.1) is 16.4 Å². The fraction of sp³-hybridized carbons (Fsp3) is 0.264. The maximum absolute atomic E-state index is 2.70. The maximum atomic E-state index is 2.70. The van der Waals surface area contributed by atoms with Crippen molar-refractivity contribution in [1.82, 2.24) is 0 Å². The monoisotopic (exact) mass is 704 g/mol. The van der Waals surface area contributed by atoms with Gasteiger partial charge in [0.2, 0.25) is 5.69 Å². The van der Waals surface area contributed by atoms with Crippen LogP contribution >= 0.6 is 0 Å². The minimum Gasteiger partial charge on any atom is -0.191 e. The zero-order chi connectivity index (χ0) is 37.5. The number of unbranched alkanes of at least 4 members (excludes halogenated alkanes) is 1. The zero-order valence-electron chi connectivity index (χ0n) is 33.0. The number of pyridine rings is 1. The molecule has 0 saturated carbocycles. The lowest BCUT2D eigenvalue weighted by atomic mass is 9.58. The number of rotatable bonds is 10. The summed E-state index contributed by atoms with van der Waals surface area (Å²) in [5.41, 5.74) is 16.9. The molecule has 0 N–H and O–H groups in total. The Labute approximate surface area is 323 Å². The minimum atomic E-state index is -0.0166. The highest BCUT2D eigenvalue weighted by molar-refractivity contribution is 5.97. The number of hydrogen-bond acceptors (Lipinski definition) is 0.